The highest BCUT2D eigenvalue weighted by atomic mass is 35.5. The third kappa shape index (κ3) is 4.14. The van der Waals surface area contributed by atoms with Crippen molar-refractivity contribution in [2.24, 2.45) is 0 Å². The van der Waals surface area contributed by atoms with E-state index in [2.05, 4.69) is 10.8 Å². The summed E-state index contributed by atoms with van der Waals surface area (Å²) in [5.41, 5.74) is 3.53. The molecule has 146 valence electrons. The van der Waals surface area contributed by atoms with Crippen LogP contribution in [-0.2, 0) is 17.8 Å². The Bertz CT molecular complexity index is 912. The van der Waals surface area contributed by atoms with Crippen LogP contribution in [0.2, 0.25) is 5.02 Å². The van der Waals surface area contributed by atoms with E-state index >= 15 is 0 Å². The Hall–Kier alpha value is -2.38. The van der Waals surface area contributed by atoms with E-state index in [0.29, 0.717) is 18.7 Å². The fourth-order valence-corrected chi connectivity index (χ4v) is 3.24. The summed E-state index contributed by atoms with van der Waals surface area (Å²) in [6.45, 7) is 6.25. The third-order valence-corrected chi connectivity index (χ3v) is 4.47. The van der Waals surface area contributed by atoms with Crippen LogP contribution < -0.4 is 16.4 Å². The molecule has 1 amide bonds. The lowest BCUT2D eigenvalue weighted by molar-refractivity contribution is 0.0537. The van der Waals surface area contributed by atoms with Gasteiger partial charge in [0.1, 0.15) is 10.8 Å². The molecule has 1 aliphatic heterocycles. The second-order valence-corrected chi connectivity index (χ2v) is 6.19. The van der Waals surface area contributed by atoms with Crippen molar-refractivity contribution in [1.29, 1.82) is 0 Å². The van der Waals surface area contributed by atoms with E-state index in [1.54, 1.807) is 13.0 Å². The summed E-state index contributed by atoms with van der Waals surface area (Å²) in [5, 5.41) is 2.65. The Morgan fingerprint density at radius 2 is 2.04 bits per heavy atom. The molecule has 0 unspecified atom stereocenters. The summed E-state index contributed by atoms with van der Waals surface area (Å²) in [6.07, 6.45) is 1.27. The molecule has 1 aromatic heterocycles. The van der Waals surface area contributed by atoms with Gasteiger partial charge in [-0.25, -0.2) is 9.87 Å². The number of carbonyl (C=O) groups is 1. The number of fused-ring (bicyclic) bond motifs is 1. The lowest BCUT2D eigenvalue weighted by atomic mass is 10.1. The van der Waals surface area contributed by atoms with Crippen molar-refractivity contribution >= 4 is 28.9 Å². The van der Waals surface area contributed by atoms with E-state index in [9.17, 15) is 14.0 Å². The summed E-state index contributed by atoms with van der Waals surface area (Å²) in [5.74, 6) is -1.06. The first-order chi connectivity index (χ1) is 12.9. The highest BCUT2D eigenvalue weighted by Gasteiger charge is 2.28. The number of benzene rings is 1. The average Bonchev–Trinajstić information content (AvgIpc) is 3.13. The fourth-order valence-electron chi connectivity index (χ4n) is 3.00. The van der Waals surface area contributed by atoms with E-state index in [0.717, 1.165) is 12.0 Å². The fraction of sp³-hybridized carbons (Fsp3) is 0.368. The van der Waals surface area contributed by atoms with Crippen LogP contribution in [0.25, 0.3) is 0 Å². The van der Waals surface area contributed by atoms with Crippen LogP contribution in [0, 0.1) is 12.7 Å². The number of amides is 1. The summed E-state index contributed by atoms with van der Waals surface area (Å²) in [7, 11) is 1.31. The maximum atomic E-state index is 14.2. The Labute approximate surface area is 162 Å². The van der Waals surface area contributed by atoms with Crippen molar-refractivity contribution in [3.05, 3.63) is 56.2 Å². The highest BCUT2D eigenvalue weighted by molar-refractivity contribution is 6.34. The number of pyridine rings is 1. The van der Waals surface area contributed by atoms with Crippen LogP contribution >= 0.6 is 11.6 Å². The minimum absolute atomic E-state index is 0.0807. The number of carbonyl (C=O) groups excluding carboxylic acids is 1. The Morgan fingerprint density at radius 1 is 1.33 bits per heavy atom. The minimum atomic E-state index is -0.551. The summed E-state index contributed by atoms with van der Waals surface area (Å²) < 4.78 is 15.7. The maximum Gasteiger partial charge on any atom is 0.278 e. The topological polar surface area (TPSA) is 72.4 Å². The second-order valence-electron chi connectivity index (χ2n) is 5.81. The Morgan fingerprint density at radius 3 is 2.67 bits per heavy atom. The van der Waals surface area contributed by atoms with Gasteiger partial charge in [-0.05, 0) is 37.5 Å². The summed E-state index contributed by atoms with van der Waals surface area (Å²) in [6, 6.07) is 4.60. The molecule has 0 bridgehead atoms. The van der Waals surface area contributed by atoms with Crippen LogP contribution in [-0.4, -0.2) is 17.6 Å². The Balaban J connectivity index is 0.00000126. The van der Waals surface area contributed by atoms with Crippen molar-refractivity contribution < 1.29 is 14.0 Å². The van der Waals surface area contributed by atoms with E-state index in [-0.39, 0.29) is 22.0 Å². The number of nitrogens with zero attached hydrogens (tertiary/aromatic N) is 1. The molecule has 8 heteroatoms. The number of hydrogen-bond acceptors (Lipinski definition) is 4. The lowest BCUT2D eigenvalue weighted by Crippen LogP contribution is -2.30. The molecular weight excluding hydrogens is 373 g/mol. The first kappa shape index (κ1) is 20.9. The standard InChI is InChI=1S/C17H17ClFN3O3.C2H6/c1-9-5-6-11(10(19)8-9)20-15-13(16(23)21-25-2)12-4-3-7-22(12)17(24)14(15)18;1-2/h5-6,8,20H,3-4,7H2,1-2H3,(H,21,23);1-2H3. The molecule has 6 nitrogen and oxygen atoms in total. The van der Waals surface area contributed by atoms with Crippen LogP contribution in [0.4, 0.5) is 15.8 Å². The molecule has 0 saturated carbocycles. The predicted octanol–water partition coefficient (Wildman–Crippen LogP) is 3.96. The Kier molecular flexibility index (Phi) is 6.98. The maximum absolute atomic E-state index is 14.2. The lowest BCUT2D eigenvalue weighted by Gasteiger charge is -2.18. The van der Waals surface area contributed by atoms with Crippen LogP contribution in [0.15, 0.2) is 23.0 Å². The molecule has 1 aromatic carbocycles. The van der Waals surface area contributed by atoms with Crippen molar-refractivity contribution in [3.8, 4) is 0 Å². The van der Waals surface area contributed by atoms with Gasteiger partial charge in [0.05, 0.1) is 24.0 Å². The minimum Gasteiger partial charge on any atom is -0.351 e. The van der Waals surface area contributed by atoms with Gasteiger partial charge < -0.3 is 9.88 Å². The largest absolute Gasteiger partial charge is 0.351 e. The van der Waals surface area contributed by atoms with E-state index in [1.165, 1.54) is 23.8 Å². The van der Waals surface area contributed by atoms with Crippen molar-refractivity contribution in [2.45, 2.75) is 40.2 Å². The normalized spacial score (nSPS) is 12.1. The number of halogens is 2. The zero-order chi connectivity index (χ0) is 20.1. The monoisotopic (exact) mass is 395 g/mol. The van der Waals surface area contributed by atoms with Crippen LogP contribution in [0.5, 0.6) is 0 Å². The average molecular weight is 396 g/mol. The zero-order valence-electron chi connectivity index (χ0n) is 15.8. The van der Waals surface area contributed by atoms with E-state index < -0.39 is 17.3 Å². The first-order valence-electron chi connectivity index (χ1n) is 8.75. The van der Waals surface area contributed by atoms with Gasteiger partial charge in [0.15, 0.2) is 0 Å². The number of hydroxylamine groups is 1. The van der Waals surface area contributed by atoms with Gasteiger partial charge in [0, 0.05) is 12.2 Å². The molecule has 0 fully saturated rings. The van der Waals surface area contributed by atoms with Gasteiger partial charge >= 0.3 is 0 Å². The zero-order valence-corrected chi connectivity index (χ0v) is 16.5. The van der Waals surface area contributed by atoms with Gasteiger partial charge in [-0.15, -0.1) is 0 Å². The van der Waals surface area contributed by atoms with Crippen molar-refractivity contribution in [1.82, 2.24) is 10.0 Å². The molecule has 27 heavy (non-hydrogen) atoms. The quantitative estimate of drug-likeness (QED) is 0.769. The highest BCUT2D eigenvalue weighted by Crippen LogP contribution is 2.33. The van der Waals surface area contributed by atoms with Gasteiger partial charge in [-0.1, -0.05) is 31.5 Å². The first-order valence-corrected chi connectivity index (χ1v) is 9.13. The smallest absolute Gasteiger partial charge is 0.278 e. The molecule has 2 aromatic rings. The number of hydrogen-bond donors (Lipinski definition) is 2. The number of nitrogens with one attached hydrogen (secondary N) is 2. The van der Waals surface area contributed by atoms with Crippen molar-refractivity contribution in [3.63, 3.8) is 0 Å². The number of anilines is 2. The van der Waals surface area contributed by atoms with E-state index in [1.807, 2.05) is 13.8 Å². The van der Waals surface area contributed by atoms with Crippen LogP contribution in [0.3, 0.4) is 0 Å². The molecule has 0 aliphatic carbocycles. The van der Waals surface area contributed by atoms with Crippen molar-refractivity contribution in [2.75, 3.05) is 12.4 Å². The predicted molar refractivity (Wildman–Crippen MR) is 104 cm³/mol. The SMILES string of the molecule is CC.CONC(=O)c1c(Nc2ccc(C)cc2F)c(Cl)c(=O)n2c1CCC2. The van der Waals surface area contributed by atoms with Gasteiger partial charge in [-0.2, -0.15) is 0 Å². The van der Waals surface area contributed by atoms with Gasteiger partial charge in [0.2, 0.25) is 0 Å². The molecule has 0 spiro atoms. The molecule has 2 heterocycles. The summed E-state index contributed by atoms with van der Waals surface area (Å²) in [4.78, 5) is 29.7. The molecular formula is C19H23ClFN3O3. The molecule has 2 N–H and O–H groups in total. The second kappa shape index (κ2) is 9.01. The molecule has 0 atom stereocenters. The summed E-state index contributed by atoms with van der Waals surface area (Å²) >= 11 is 6.22. The molecule has 0 radical (unpaired) electrons. The van der Waals surface area contributed by atoms with Gasteiger partial charge in [0.25, 0.3) is 11.5 Å². The number of aromatic nitrogens is 1. The molecule has 3 rings (SSSR count). The third-order valence-electron chi connectivity index (χ3n) is 4.12. The van der Waals surface area contributed by atoms with Crippen LogP contribution in [0.1, 0.15) is 41.9 Å². The van der Waals surface area contributed by atoms with Gasteiger partial charge in [-0.3, -0.25) is 14.4 Å². The van der Waals surface area contributed by atoms with E-state index in [4.69, 9.17) is 16.4 Å². The number of aryl methyl sites for hydroxylation is 1. The molecule has 0 saturated heterocycles. The molecule has 1 aliphatic rings. The number of rotatable bonds is 4.